The van der Waals surface area contributed by atoms with Gasteiger partial charge in [0.25, 0.3) is 0 Å². The predicted octanol–water partition coefficient (Wildman–Crippen LogP) is 1.44. The minimum atomic E-state index is -2.89. The summed E-state index contributed by atoms with van der Waals surface area (Å²) in [6, 6.07) is 2.43. The zero-order chi connectivity index (χ0) is 13.6. The molecular weight excluding hydrogens is 268 g/mol. The minimum Gasteiger partial charge on any atom is -0.298 e. The van der Waals surface area contributed by atoms with Gasteiger partial charge in [-0.25, -0.2) is 8.42 Å². The molecule has 18 heavy (non-hydrogen) atoms. The highest BCUT2D eigenvalue weighted by Gasteiger charge is 2.45. The Labute approximate surface area is 114 Å². The van der Waals surface area contributed by atoms with Gasteiger partial charge in [0.1, 0.15) is 15.4 Å². The van der Waals surface area contributed by atoms with E-state index in [4.69, 9.17) is 0 Å². The Balaban J connectivity index is 2.44. The Morgan fingerprint density at radius 3 is 2.61 bits per heavy atom. The molecule has 1 atom stereocenters. The molecule has 0 saturated heterocycles. The van der Waals surface area contributed by atoms with Crippen LogP contribution in [0.2, 0.25) is 0 Å². The minimum absolute atomic E-state index is 0.192. The number of thioether (sulfide) groups is 1. The van der Waals surface area contributed by atoms with Gasteiger partial charge in [0.2, 0.25) is 0 Å². The molecule has 0 aromatic rings. The zero-order valence-electron chi connectivity index (χ0n) is 11.1. The number of nitrogens with one attached hydrogen (secondary N) is 1. The summed E-state index contributed by atoms with van der Waals surface area (Å²) in [6.45, 7) is 2.93. The van der Waals surface area contributed by atoms with Crippen molar-refractivity contribution in [3.05, 3.63) is 0 Å². The third-order valence-electron chi connectivity index (χ3n) is 3.09. The van der Waals surface area contributed by atoms with Gasteiger partial charge in [-0.05, 0) is 31.7 Å². The van der Waals surface area contributed by atoms with Gasteiger partial charge in [-0.15, -0.1) is 0 Å². The van der Waals surface area contributed by atoms with E-state index >= 15 is 0 Å². The molecule has 0 amide bonds. The topological polar surface area (TPSA) is 70.0 Å². The summed E-state index contributed by atoms with van der Waals surface area (Å²) in [5, 5.41) is 12.8. The fraction of sp³-hybridized carbons (Fsp3) is 0.917. The van der Waals surface area contributed by atoms with Crippen molar-refractivity contribution in [2.45, 2.75) is 31.7 Å². The first-order chi connectivity index (χ1) is 8.43. The summed E-state index contributed by atoms with van der Waals surface area (Å²) in [6.07, 6.45) is 4.47. The van der Waals surface area contributed by atoms with Gasteiger partial charge < -0.3 is 0 Å². The van der Waals surface area contributed by atoms with Crippen molar-refractivity contribution in [3.8, 4) is 6.07 Å². The molecule has 1 fully saturated rings. The van der Waals surface area contributed by atoms with Gasteiger partial charge in [-0.1, -0.05) is 6.92 Å². The van der Waals surface area contributed by atoms with Crippen molar-refractivity contribution in [3.63, 3.8) is 0 Å². The van der Waals surface area contributed by atoms with Gasteiger partial charge in [0, 0.05) is 17.8 Å². The largest absolute Gasteiger partial charge is 0.298 e. The molecule has 0 bridgehead atoms. The highest BCUT2D eigenvalue weighted by Crippen LogP contribution is 2.41. The van der Waals surface area contributed by atoms with Gasteiger partial charge >= 0.3 is 0 Å². The second kappa shape index (κ2) is 6.78. The monoisotopic (exact) mass is 290 g/mol. The fourth-order valence-electron chi connectivity index (χ4n) is 1.84. The average Bonchev–Trinajstić information content (AvgIpc) is 3.12. The predicted molar refractivity (Wildman–Crippen MR) is 76.4 cm³/mol. The van der Waals surface area contributed by atoms with E-state index in [1.807, 2.05) is 0 Å². The Morgan fingerprint density at radius 2 is 2.17 bits per heavy atom. The summed E-state index contributed by atoms with van der Waals surface area (Å²) in [4.78, 5) is 0. The molecule has 1 rings (SSSR count). The third-order valence-corrected chi connectivity index (χ3v) is 5.45. The summed E-state index contributed by atoms with van der Waals surface area (Å²) >= 11 is 1.57. The van der Waals surface area contributed by atoms with Crippen molar-refractivity contribution >= 4 is 21.6 Å². The Kier molecular flexibility index (Phi) is 5.96. The van der Waals surface area contributed by atoms with Crippen LogP contribution in [0.4, 0.5) is 0 Å². The fourth-order valence-corrected chi connectivity index (χ4v) is 4.39. The average molecular weight is 290 g/mol. The van der Waals surface area contributed by atoms with Crippen LogP contribution in [0.1, 0.15) is 26.2 Å². The van der Waals surface area contributed by atoms with Crippen molar-refractivity contribution < 1.29 is 8.42 Å². The summed E-state index contributed by atoms with van der Waals surface area (Å²) in [5.41, 5.74) is -0.446. The van der Waals surface area contributed by atoms with E-state index in [1.165, 1.54) is 6.26 Å². The maximum Gasteiger partial charge on any atom is 0.148 e. The van der Waals surface area contributed by atoms with E-state index in [2.05, 4.69) is 18.3 Å². The Hall–Kier alpha value is -0.250. The molecule has 0 aromatic carbocycles. The van der Waals surface area contributed by atoms with Gasteiger partial charge in [0.15, 0.2) is 0 Å². The van der Waals surface area contributed by atoms with Crippen LogP contribution >= 0.6 is 11.8 Å². The zero-order valence-corrected chi connectivity index (χ0v) is 12.7. The quantitative estimate of drug-likeness (QED) is 0.651. The molecule has 104 valence electrons. The number of hydrogen-bond acceptors (Lipinski definition) is 5. The molecule has 0 heterocycles. The first kappa shape index (κ1) is 15.8. The van der Waals surface area contributed by atoms with Crippen LogP contribution in [-0.2, 0) is 9.84 Å². The van der Waals surface area contributed by atoms with E-state index in [1.54, 1.807) is 11.8 Å². The summed E-state index contributed by atoms with van der Waals surface area (Å²) < 4.78 is 22.1. The highest BCUT2D eigenvalue weighted by molar-refractivity contribution is 8.00. The van der Waals surface area contributed by atoms with E-state index in [0.29, 0.717) is 17.4 Å². The number of nitrogens with zero attached hydrogens (tertiary/aromatic N) is 1. The lowest BCUT2D eigenvalue weighted by Gasteiger charge is -2.27. The molecule has 1 unspecified atom stereocenters. The van der Waals surface area contributed by atoms with Crippen molar-refractivity contribution in [2.24, 2.45) is 5.92 Å². The molecule has 1 saturated carbocycles. The second-order valence-electron chi connectivity index (χ2n) is 4.97. The number of hydrogen-bond donors (Lipinski definition) is 1. The van der Waals surface area contributed by atoms with Gasteiger partial charge in [-0.3, -0.25) is 5.32 Å². The lowest BCUT2D eigenvalue weighted by Crippen LogP contribution is -2.49. The molecule has 0 radical (unpaired) electrons. The lowest BCUT2D eigenvalue weighted by molar-refractivity contribution is 0.406. The Bertz CT molecular complexity index is 399. The van der Waals surface area contributed by atoms with Crippen molar-refractivity contribution in [1.29, 1.82) is 5.26 Å². The van der Waals surface area contributed by atoms with Crippen molar-refractivity contribution in [1.82, 2.24) is 5.32 Å². The van der Waals surface area contributed by atoms with Crippen LogP contribution < -0.4 is 5.32 Å². The molecule has 1 aliphatic carbocycles. The number of nitriles is 1. The lowest BCUT2D eigenvalue weighted by atomic mass is 9.97. The van der Waals surface area contributed by atoms with Crippen LogP contribution in [0.15, 0.2) is 0 Å². The highest BCUT2D eigenvalue weighted by atomic mass is 32.2. The third kappa shape index (κ3) is 5.17. The first-order valence-electron chi connectivity index (χ1n) is 6.35. The van der Waals surface area contributed by atoms with Crippen LogP contribution in [-0.4, -0.2) is 44.0 Å². The summed E-state index contributed by atoms with van der Waals surface area (Å²) in [5.74, 6) is 1.89. The van der Waals surface area contributed by atoms with Crippen molar-refractivity contribution in [2.75, 3.05) is 30.1 Å². The standard InChI is InChI=1S/C12H22N2O2S2/c1-3-6-14-12(9-13,11-4-5-11)10-17-7-8-18(2,15)16/h11,14H,3-8,10H2,1-2H3. The van der Waals surface area contributed by atoms with Gasteiger partial charge in [-0.2, -0.15) is 17.0 Å². The van der Waals surface area contributed by atoms with Crippen LogP contribution in [0.5, 0.6) is 0 Å². The van der Waals surface area contributed by atoms with Crippen LogP contribution in [0.3, 0.4) is 0 Å². The first-order valence-corrected chi connectivity index (χ1v) is 9.57. The normalized spacial score (nSPS) is 19.2. The molecule has 1 aliphatic rings. The smallest absolute Gasteiger partial charge is 0.148 e. The maximum atomic E-state index is 11.0. The Morgan fingerprint density at radius 1 is 1.50 bits per heavy atom. The maximum absolute atomic E-state index is 11.0. The van der Waals surface area contributed by atoms with Gasteiger partial charge in [0.05, 0.1) is 11.8 Å². The molecule has 0 aliphatic heterocycles. The van der Waals surface area contributed by atoms with E-state index in [0.717, 1.165) is 25.8 Å². The van der Waals surface area contributed by atoms with E-state index < -0.39 is 15.4 Å². The molecular formula is C12H22N2O2S2. The number of sulfone groups is 1. The van der Waals surface area contributed by atoms with Crippen LogP contribution in [0, 0.1) is 17.2 Å². The van der Waals surface area contributed by atoms with Crippen LogP contribution in [0.25, 0.3) is 0 Å². The summed E-state index contributed by atoms with van der Waals surface area (Å²) in [7, 11) is -2.89. The van der Waals surface area contributed by atoms with E-state index in [9.17, 15) is 13.7 Å². The van der Waals surface area contributed by atoms with E-state index in [-0.39, 0.29) is 5.75 Å². The molecule has 1 N–H and O–H groups in total. The molecule has 0 aromatic heterocycles. The number of rotatable bonds is 9. The molecule has 0 spiro atoms. The molecule has 4 nitrogen and oxygen atoms in total. The SMILES string of the molecule is CCCNC(C#N)(CSCCS(C)(=O)=O)C1CC1. The second-order valence-corrected chi connectivity index (χ2v) is 8.33. The molecule has 6 heteroatoms.